The fraction of sp³-hybridized carbons (Fsp3) is 0.500. The van der Waals surface area contributed by atoms with Crippen molar-refractivity contribution in [2.45, 2.75) is 26.2 Å². The van der Waals surface area contributed by atoms with Crippen molar-refractivity contribution in [1.29, 1.82) is 0 Å². The molecule has 2 rings (SSSR count). The SMILES string of the molecule is CCC(=O)N1CCCC(C(=O)NCCNC(=O)c2ccccc2)C1. The molecule has 130 valence electrons. The van der Waals surface area contributed by atoms with Gasteiger partial charge < -0.3 is 15.5 Å². The number of amides is 3. The number of nitrogens with zero attached hydrogens (tertiary/aromatic N) is 1. The Hall–Kier alpha value is -2.37. The number of hydrogen-bond donors (Lipinski definition) is 2. The van der Waals surface area contributed by atoms with E-state index < -0.39 is 0 Å². The third-order valence-electron chi connectivity index (χ3n) is 4.19. The number of nitrogens with one attached hydrogen (secondary N) is 2. The molecule has 1 aromatic carbocycles. The van der Waals surface area contributed by atoms with E-state index in [1.807, 2.05) is 25.1 Å². The van der Waals surface area contributed by atoms with Crippen molar-refractivity contribution in [3.63, 3.8) is 0 Å². The van der Waals surface area contributed by atoms with Crippen LogP contribution < -0.4 is 10.6 Å². The van der Waals surface area contributed by atoms with Gasteiger partial charge in [0.15, 0.2) is 0 Å². The summed E-state index contributed by atoms with van der Waals surface area (Å²) < 4.78 is 0. The van der Waals surface area contributed by atoms with E-state index in [9.17, 15) is 14.4 Å². The van der Waals surface area contributed by atoms with E-state index in [1.165, 1.54) is 0 Å². The monoisotopic (exact) mass is 331 g/mol. The van der Waals surface area contributed by atoms with Gasteiger partial charge in [-0.05, 0) is 25.0 Å². The number of rotatable bonds is 6. The van der Waals surface area contributed by atoms with Crippen LogP contribution >= 0.6 is 0 Å². The second-order valence-electron chi connectivity index (χ2n) is 5.95. The molecule has 6 heteroatoms. The molecule has 1 heterocycles. The normalized spacial score (nSPS) is 17.2. The summed E-state index contributed by atoms with van der Waals surface area (Å²) in [7, 11) is 0. The fourth-order valence-electron chi connectivity index (χ4n) is 2.84. The molecule has 1 aliphatic heterocycles. The van der Waals surface area contributed by atoms with Crippen molar-refractivity contribution < 1.29 is 14.4 Å². The Morgan fingerprint density at radius 3 is 2.54 bits per heavy atom. The quantitative estimate of drug-likeness (QED) is 0.769. The van der Waals surface area contributed by atoms with Crippen LogP contribution in [0.4, 0.5) is 0 Å². The molecule has 3 amide bonds. The number of hydrogen-bond acceptors (Lipinski definition) is 3. The summed E-state index contributed by atoms with van der Waals surface area (Å²) in [6.07, 6.45) is 2.13. The molecule has 1 aliphatic rings. The molecule has 6 nitrogen and oxygen atoms in total. The van der Waals surface area contributed by atoms with E-state index in [0.29, 0.717) is 31.6 Å². The van der Waals surface area contributed by atoms with E-state index in [-0.39, 0.29) is 23.6 Å². The standard InChI is InChI=1S/C18H25N3O3/c1-2-16(22)21-12-6-9-15(13-21)18(24)20-11-10-19-17(23)14-7-4-3-5-8-14/h3-5,7-8,15H,2,6,9-13H2,1H3,(H,19,23)(H,20,24). The molecule has 1 saturated heterocycles. The maximum absolute atomic E-state index is 12.2. The number of likely N-dealkylation sites (tertiary alicyclic amines) is 1. The first-order valence-electron chi connectivity index (χ1n) is 8.50. The molecule has 0 bridgehead atoms. The lowest BCUT2D eigenvalue weighted by Gasteiger charge is -2.31. The van der Waals surface area contributed by atoms with Crippen LogP contribution in [0.1, 0.15) is 36.5 Å². The van der Waals surface area contributed by atoms with Gasteiger partial charge in [-0.25, -0.2) is 0 Å². The highest BCUT2D eigenvalue weighted by Crippen LogP contribution is 2.17. The van der Waals surface area contributed by atoms with Crippen LogP contribution in [-0.4, -0.2) is 48.8 Å². The smallest absolute Gasteiger partial charge is 0.251 e. The summed E-state index contributed by atoms with van der Waals surface area (Å²) >= 11 is 0. The van der Waals surface area contributed by atoms with Gasteiger partial charge in [-0.2, -0.15) is 0 Å². The van der Waals surface area contributed by atoms with E-state index in [2.05, 4.69) is 10.6 Å². The van der Waals surface area contributed by atoms with Crippen molar-refractivity contribution in [2.24, 2.45) is 5.92 Å². The van der Waals surface area contributed by atoms with Gasteiger partial charge in [0.2, 0.25) is 11.8 Å². The van der Waals surface area contributed by atoms with Crippen LogP contribution in [0.25, 0.3) is 0 Å². The lowest BCUT2D eigenvalue weighted by molar-refractivity contribution is -0.135. The molecule has 0 spiro atoms. The lowest BCUT2D eigenvalue weighted by atomic mass is 9.97. The molecule has 0 aromatic heterocycles. The van der Waals surface area contributed by atoms with Gasteiger partial charge in [-0.15, -0.1) is 0 Å². The van der Waals surface area contributed by atoms with E-state index in [1.54, 1.807) is 17.0 Å². The van der Waals surface area contributed by atoms with Crippen molar-refractivity contribution in [3.8, 4) is 0 Å². The van der Waals surface area contributed by atoms with Crippen molar-refractivity contribution in [3.05, 3.63) is 35.9 Å². The summed E-state index contributed by atoms with van der Waals surface area (Å²) in [6, 6.07) is 8.96. The van der Waals surface area contributed by atoms with E-state index >= 15 is 0 Å². The van der Waals surface area contributed by atoms with Gasteiger partial charge in [0.05, 0.1) is 5.92 Å². The molecular weight excluding hydrogens is 306 g/mol. The Morgan fingerprint density at radius 2 is 1.83 bits per heavy atom. The molecule has 1 unspecified atom stereocenters. The Kier molecular flexibility index (Phi) is 6.78. The second kappa shape index (κ2) is 9.05. The van der Waals surface area contributed by atoms with Gasteiger partial charge in [-0.3, -0.25) is 14.4 Å². The zero-order valence-electron chi connectivity index (χ0n) is 14.1. The number of benzene rings is 1. The fourth-order valence-corrected chi connectivity index (χ4v) is 2.84. The van der Waals surface area contributed by atoms with Crippen LogP contribution in [0.15, 0.2) is 30.3 Å². The average Bonchev–Trinajstić information content (AvgIpc) is 2.65. The first-order valence-corrected chi connectivity index (χ1v) is 8.50. The van der Waals surface area contributed by atoms with Gasteiger partial charge in [0.1, 0.15) is 0 Å². The third kappa shape index (κ3) is 5.08. The van der Waals surface area contributed by atoms with Crippen LogP contribution in [0.5, 0.6) is 0 Å². The predicted molar refractivity (Wildman–Crippen MR) is 91.4 cm³/mol. The molecule has 24 heavy (non-hydrogen) atoms. The van der Waals surface area contributed by atoms with Crippen LogP contribution in [0.3, 0.4) is 0 Å². The summed E-state index contributed by atoms with van der Waals surface area (Å²) in [5.74, 6) is -0.249. The summed E-state index contributed by atoms with van der Waals surface area (Å²) in [4.78, 5) is 37.6. The summed E-state index contributed by atoms with van der Waals surface area (Å²) in [6.45, 7) is 3.83. The maximum atomic E-state index is 12.2. The van der Waals surface area contributed by atoms with Gasteiger partial charge in [0.25, 0.3) is 5.91 Å². The highest BCUT2D eigenvalue weighted by atomic mass is 16.2. The van der Waals surface area contributed by atoms with Gasteiger partial charge in [0, 0.05) is 38.2 Å². The minimum atomic E-state index is -0.154. The van der Waals surface area contributed by atoms with Crippen LogP contribution in [0.2, 0.25) is 0 Å². The number of carbonyl (C=O) groups is 3. The zero-order valence-corrected chi connectivity index (χ0v) is 14.1. The minimum absolute atomic E-state index is 0.0439. The molecule has 2 N–H and O–H groups in total. The molecule has 1 atom stereocenters. The number of piperidine rings is 1. The average molecular weight is 331 g/mol. The van der Waals surface area contributed by atoms with E-state index in [0.717, 1.165) is 19.4 Å². The maximum Gasteiger partial charge on any atom is 0.251 e. The van der Waals surface area contributed by atoms with Crippen LogP contribution in [0, 0.1) is 5.92 Å². The molecular formula is C18H25N3O3. The third-order valence-corrected chi connectivity index (χ3v) is 4.19. The summed E-state index contributed by atoms with van der Waals surface area (Å²) in [5.41, 5.74) is 0.602. The highest BCUT2D eigenvalue weighted by Gasteiger charge is 2.27. The van der Waals surface area contributed by atoms with Crippen LogP contribution in [-0.2, 0) is 9.59 Å². The van der Waals surface area contributed by atoms with E-state index in [4.69, 9.17) is 0 Å². The topological polar surface area (TPSA) is 78.5 Å². The van der Waals surface area contributed by atoms with Gasteiger partial charge >= 0.3 is 0 Å². The van der Waals surface area contributed by atoms with Crippen molar-refractivity contribution >= 4 is 17.7 Å². The largest absolute Gasteiger partial charge is 0.354 e. The lowest BCUT2D eigenvalue weighted by Crippen LogP contribution is -2.46. The molecule has 0 saturated carbocycles. The Bertz CT molecular complexity index is 574. The van der Waals surface area contributed by atoms with Gasteiger partial charge in [-0.1, -0.05) is 25.1 Å². The molecule has 0 aliphatic carbocycles. The zero-order chi connectivity index (χ0) is 17.4. The Morgan fingerprint density at radius 1 is 1.12 bits per heavy atom. The molecule has 0 radical (unpaired) electrons. The van der Waals surface area contributed by atoms with Crippen molar-refractivity contribution in [2.75, 3.05) is 26.2 Å². The predicted octanol–water partition coefficient (Wildman–Crippen LogP) is 1.18. The Labute approximate surface area is 142 Å². The second-order valence-corrected chi connectivity index (χ2v) is 5.95. The highest BCUT2D eigenvalue weighted by molar-refractivity contribution is 5.94. The molecule has 1 fully saturated rings. The van der Waals surface area contributed by atoms with Crippen molar-refractivity contribution in [1.82, 2.24) is 15.5 Å². The Balaban J connectivity index is 1.69. The summed E-state index contributed by atoms with van der Waals surface area (Å²) in [5, 5.41) is 5.62. The number of carbonyl (C=O) groups excluding carboxylic acids is 3. The first-order chi connectivity index (χ1) is 11.6. The first kappa shape index (κ1) is 18.0. The molecule has 1 aromatic rings. The minimum Gasteiger partial charge on any atom is -0.354 e.